The molecule has 33 heavy (non-hydrogen) atoms. The van der Waals surface area contributed by atoms with E-state index in [1.54, 1.807) is 0 Å². The molecule has 0 fully saturated rings. The normalized spacial score (nSPS) is 13.7. The van der Waals surface area contributed by atoms with Crippen molar-refractivity contribution in [2.45, 2.75) is 25.7 Å². The fourth-order valence-corrected chi connectivity index (χ4v) is 3.72. The number of halogens is 5. The highest BCUT2D eigenvalue weighted by Gasteiger charge is 2.32. The van der Waals surface area contributed by atoms with Gasteiger partial charge in [-0.1, -0.05) is 6.07 Å². The number of aromatic nitrogens is 2. The van der Waals surface area contributed by atoms with Crippen molar-refractivity contribution in [3.05, 3.63) is 82.4 Å². The number of aldehydes is 1. The average molecular weight is 464 g/mol. The molecule has 10 heteroatoms. The molecule has 4 rings (SSSR count). The summed E-state index contributed by atoms with van der Waals surface area (Å²) in [4.78, 5) is 21.0. The number of alkyl halides is 3. The number of hydrogen-bond donors (Lipinski definition) is 1. The van der Waals surface area contributed by atoms with Gasteiger partial charge in [0.25, 0.3) is 0 Å². The summed E-state index contributed by atoms with van der Waals surface area (Å²) in [5.41, 5.74) is 6.55. The van der Waals surface area contributed by atoms with Crippen molar-refractivity contribution in [2.75, 3.05) is 13.6 Å². The van der Waals surface area contributed by atoms with Crippen molar-refractivity contribution in [2.24, 2.45) is 5.73 Å². The van der Waals surface area contributed by atoms with Crippen LogP contribution in [-0.4, -0.2) is 34.7 Å². The van der Waals surface area contributed by atoms with Crippen molar-refractivity contribution in [3.63, 3.8) is 0 Å². The molecule has 174 valence electrons. The van der Waals surface area contributed by atoms with Crippen molar-refractivity contribution in [1.82, 2.24) is 14.9 Å². The monoisotopic (exact) mass is 464 g/mol. The van der Waals surface area contributed by atoms with Crippen LogP contribution in [0.2, 0.25) is 0 Å². The van der Waals surface area contributed by atoms with Crippen LogP contribution in [0.4, 0.5) is 22.0 Å². The zero-order valence-corrected chi connectivity index (χ0v) is 17.7. The molecule has 0 radical (unpaired) electrons. The highest BCUT2D eigenvalue weighted by atomic mass is 19.4. The first-order valence-electron chi connectivity index (χ1n) is 10.00. The summed E-state index contributed by atoms with van der Waals surface area (Å²) >= 11 is 0. The molecular formula is C23H21F5N4O. The maximum absolute atomic E-state index is 13.7. The standard InChI is InChI=1S/C22H16F5N3O.CH5N/c23-18-2-1-14(8-19(18)24)17-9-15(12-31)29-20-11-30(6-4-16(17)20)10-13-3-5-28-21(7-13)22(25,26)27;1-2/h1-3,5,7-9,12H,4,6,10-11H2;2H2,1H3. The first-order valence-corrected chi connectivity index (χ1v) is 10.00. The fraction of sp³-hybridized carbons (Fsp3) is 0.261. The molecular weight excluding hydrogens is 443 g/mol. The topological polar surface area (TPSA) is 72.1 Å². The van der Waals surface area contributed by atoms with Gasteiger partial charge in [0.05, 0.1) is 5.69 Å². The van der Waals surface area contributed by atoms with E-state index in [0.717, 1.165) is 30.0 Å². The minimum absolute atomic E-state index is 0.142. The van der Waals surface area contributed by atoms with Crippen LogP contribution in [0, 0.1) is 11.6 Å². The average Bonchev–Trinajstić information content (AvgIpc) is 2.81. The number of rotatable bonds is 4. The van der Waals surface area contributed by atoms with Crippen LogP contribution in [-0.2, 0) is 25.7 Å². The van der Waals surface area contributed by atoms with Crippen LogP contribution in [0.5, 0.6) is 0 Å². The molecule has 0 saturated carbocycles. The van der Waals surface area contributed by atoms with Gasteiger partial charge >= 0.3 is 6.18 Å². The molecule has 3 heterocycles. The largest absolute Gasteiger partial charge is 0.433 e. The van der Waals surface area contributed by atoms with Crippen molar-refractivity contribution < 1.29 is 26.7 Å². The van der Waals surface area contributed by atoms with Gasteiger partial charge in [-0.3, -0.25) is 14.7 Å². The third-order valence-corrected chi connectivity index (χ3v) is 5.15. The summed E-state index contributed by atoms with van der Waals surface area (Å²) in [6, 6.07) is 7.60. The summed E-state index contributed by atoms with van der Waals surface area (Å²) in [5.74, 6) is -1.96. The van der Waals surface area contributed by atoms with Crippen LogP contribution in [0.15, 0.2) is 42.6 Å². The Labute approximate surface area is 187 Å². The summed E-state index contributed by atoms with van der Waals surface area (Å²) < 4.78 is 65.8. The number of carbonyl (C=O) groups excluding carboxylic acids is 1. The third-order valence-electron chi connectivity index (χ3n) is 5.15. The maximum Gasteiger partial charge on any atom is 0.433 e. The second-order valence-electron chi connectivity index (χ2n) is 7.27. The summed E-state index contributed by atoms with van der Waals surface area (Å²) in [6.45, 7) is 1.07. The number of fused-ring (bicyclic) bond motifs is 1. The summed E-state index contributed by atoms with van der Waals surface area (Å²) in [5, 5.41) is 0. The van der Waals surface area contributed by atoms with Gasteiger partial charge in [-0.2, -0.15) is 13.2 Å². The van der Waals surface area contributed by atoms with Crippen LogP contribution in [0.1, 0.15) is 33.0 Å². The highest BCUT2D eigenvalue weighted by Crippen LogP contribution is 2.32. The highest BCUT2D eigenvalue weighted by molar-refractivity contribution is 5.78. The van der Waals surface area contributed by atoms with E-state index in [1.165, 1.54) is 25.2 Å². The maximum atomic E-state index is 13.7. The van der Waals surface area contributed by atoms with E-state index in [-0.39, 0.29) is 12.2 Å². The molecule has 1 aliphatic heterocycles. The zero-order chi connectivity index (χ0) is 24.2. The lowest BCUT2D eigenvalue weighted by atomic mass is 9.93. The fourth-order valence-electron chi connectivity index (χ4n) is 3.72. The molecule has 0 aliphatic carbocycles. The molecule has 0 bridgehead atoms. The Bertz CT molecular complexity index is 1150. The van der Waals surface area contributed by atoms with E-state index in [0.29, 0.717) is 48.2 Å². The van der Waals surface area contributed by atoms with Gasteiger partial charge in [0.15, 0.2) is 17.9 Å². The molecule has 1 aromatic carbocycles. The van der Waals surface area contributed by atoms with Gasteiger partial charge in [0.2, 0.25) is 0 Å². The Morgan fingerprint density at radius 1 is 1.09 bits per heavy atom. The van der Waals surface area contributed by atoms with E-state index in [4.69, 9.17) is 0 Å². The molecule has 0 spiro atoms. The molecule has 3 aromatic rings. The van der Waals surface area contributed by atoms with Crippen LogP contribution in [0.3, 0.4) is 0 Å². The van der Waals surface area contributed by atoms with Gasteiger partial charge in [-0.25, -0.2) is 13.8 Å². The molecule has 0 amide bonds. The lowest BCUT2D eigenvalue weighted by Gasteiger charge is -2.30. The number of pyridine rings is 2. The molecule has 0 unspecified atom stereocenters. The summed E-state index contributed by atoms with van der Waals surface area (Å²) in [7, 11) is 1.50. The second-order valence-corrected chi connectivity index (χ2v) is 7.27. The summed E-state index contributed by atoms with van der Waals surface area (Å²) in [6.07, 6.45) is -2.33. The van der Waals surface area contributed by atoms with Crippen molar-refractivity contribution in [1.29, 1.82) is 0 Å². The van der Waals surface area contributed by atoms with Gasteiger partial charge in [0, 0.05) is 25.8 Å². The Morgan fingerprint density at radius 2 is 1.85 bits per heavy atom. The molecule has 5 nitrogen and oxygen atoms in total. The smallest absolute Gasteiger partial charge is 0.333 e. The predicted molar refractivity (Wildman–Crippen MR) is 112 cm³/mol. The Kier molecular flexibility index (Phi) is 7.50. The third kappa shape index (κ3) is 5.58. The number of benzene rings is 1. The minimum atomic E-state index is -4.52. The zero-order valence-electron chi connectivity index (χ0n) is 17.7. The van der Waals surface area contributed by atoms with E-state index in [1.807, 2.05) is 4.90 Å². The molecule has 0 atom stereocenters. The lowest BCUT2D eigenvalue weighted by Crippen LogP contribution is -2.31. The molecule has 2 aromatic heterocycles. The van der Waals surface area contributed by atoms with E-state index >= 15 is 0 Å². The quantitative estimate of drug-likeness (QED) is 0.458. The number of hydrogen-bond acceptors (Lipinski definition) is 5. The number of carbonyl (C=O) groups is 1. The predicted octanol–water partition coefficient (Wildman–Crippen LogP) is 4.39. The molecule has 0 saturated heterocycles. The van der Waals surface area contributed by atoms with Crippen LogP contribution in [0.25, 0.3) is 11.1 Å². The number of nitrogens with zero attached hydrogens (tertiary/aromatic N) is 3. The van der Waals surface area contributed by atoms with Crippen LogP contribution < -0.4 is 5.73 Å². The Morgan fingerprint density at radius 3 is 2.52 bits per heavy atom. The van der Waals surface area contributed by atoms with Gasteiger partial charge in [0.1, 0.15) is 11.4 Å². The SMILES string of the molecule is CN.O=Cc1cc(-c2ccc(F)c(F)c2)c2c(n1)CN(Cc1ccnc(C(F)(F)F)c1)CC2. The number of nitrogens with two attached hydrogens (primary N) is 1. The molecule has 1 aliphatic rings. The minimum Gasteiger partial charge on any atom is -0.333 e. The van der Waals surface area contributed by atoms with E-state index in [2.05, 4.69) is 15.7 Å². The lowest BCUT2D eigenvalue weighted by molar-refractivity contribution is -0.141. The Balaban J connectivity index is 0.00000149. The molecule has 2 N–H and O–H groups in total. The first kappa shape index (κ1) is 24.4. The first-order chi connectivity index (χ1) is 15.7. The van der Waals surface area contributed by atoms with Gasteiger partial charge in [-0.15, -0.1) is 0 Å². The second kappa shape index (κ2) is 10.1. The van der Waals surface area contributed by atoms with Crippen LogP contribution >= 0.6 is 0 Å². The Hall–Kier alpha value is -3.24. The van der Waals surface area contributed by atoms with E-state index < -0.39 is 23.5 Å². The van der Waals surface area contributed by atoms with Gasteiger partial charge in [-0.05, 0) is 66.1 Å². The van der Waals surface area contributed by atoms with E-state index in [9.17, 15) is 26.7 Å². The van der Waals surface area contributed by atoms with Gasteiger partial charge < -0.3 is 5.73 Å². The van der Waals surface area contributed by atoms with Crippen molar-refractivity contribution >= 4 is 6.29 Å². The van der Waals surface area contributed by atoms with Crippen molar-refractivity contribution in [3.8, 4) is 11.1 Å².